The molecule has 0 aliphatic heterocycles. The molecule has 0 aliphatic carbocycles. The number of amides is 2. The van der Waals surface area contributed by atoms with Crippen LogP contribution >= 0.6 is 0 Å². The van der Waals surface area contributed by atoms with Crippen molar-refractivity contribution in [2.45, 2.75) is 91.6 Å². The van der Waals surface area contributed by atoms with Gasteiger partial charge in [-0.25, -0.2) is 14.4 Å². The molecule has 0 bridgehead atoms. The second-order valence-electron chi connectivity index (χ2n) is 10.5. The van der Waals surface area contributed by atoms with E-state index in [1.807, 2.05) is 0 Å². The SMILES string of the molecule is CC(C)(C)OC(=O)[C@H](Cc1ccc(O[B]O)cc1)N(C(=O)OC(C)(C)C)C(=O)OC(C)(C)C. The van der Waals surface area contributed by atoms with E-state index in [-0.39, 0.29) is 6.42 Å². The summed E-state index contributed by atoms with van der Waals surface area (Å²) in [5.74, 6) is -0.422. The van der Waals surface area contributed by atoms with E-state index in [1.165, 1.54) is 0 Å². The van der Waals surface area contributed by atoms with E-state index in [0.717, 1.165) is 0 Å². The smallest absolute Gasteiger partial charge is 0.537 e. The number of nitrogens with zero attached hydrogens (tertiary/aromatic N) is 1. The normalized spacial score (nSPS) is 12.9. The van der Waals surface area contributed by atoms with E-state index in [9.17, 15) is 14.4 Å². The molecular formula is C23H35BNO8. The summed E-state index contributed by atoms with van der Waals surface area (Å²) in [5.41, 5.74) is -2.10. The van der Waals surface area contributed by atoms with Gasteiger partial charge in [0, 0.05) is 6.42 Å². The van der Waals surface area contributed by atoms with Gasteiger partial charge in [-0.15, -0.1) is 0 Å². The van der Waals surface area contributed by atoms with Crippen molar-refractivity contribution >= 4 is 25.8 Å². The van der Waals surface area contributed by atoms with Gasteiger partial charge in [0.05, 0.1) is 5.75 Å². The van der Waals surface area contributed by atoms with Gasteiger partial charge in [-0.1, -0.05) is 12.1 Å². The van der Waals surface area contributed by atoms with Crippen molar-refractivity contribution in [3.8, 4) is 5.75 Å². The van der Waals surface area contributed by atoms with E-state index < -0.39 is 41.0 Å². The minimum atomic E-state index is -1.36. The van der Waals surface area contributed by atoms with Gasteiger partial charge in [0.2, 0.25) is 0 Å². The number of hydrogen-bond acceptors (Lipinski definition) is 8. The summed E-state index contributed by atoms with van der Waals surface area (Å²) < 4.78 is 21.2. The minimum Gasteiger partial charge on any atom is -0.537 e. The molecule has 1 aromatic carbocycles. The number of carbonyl (C=O) groups excluding carboxylic acids is 3. The van der Waals surface area contributed by atoms with E-state index in [0.29, 0.717) is 23.9 Å². The van der Waals surface area contributed by atoms with Gasteiger partial charge in [-0.05, 0) is 80.0 Å². The molecule has 2 amide bonds. The average Bonchev–Trinajstić information content (AvgIpc) is 2.58. The summed E-state index contributed by atoms with van der Waals surface area (Å²) in [5, 5.41) is 8.78. The molecule has 0 aliphatic rings. The first-order chi connectivity index (χ1) is 14.9. The molecule has 1 N–H and O–H groups in total. The highest BCUT2D eigenvalue weighted by Crippen LogP contribution is 2.22. The molecule has 1 radical (unpaired) electrons. The Morgan fingerprint density at radius 1 is 0.818 bits per heavy atom. The van der Waals surface area contributed by atoms with Crippen LogP contribution < -0.4 is 4.65 Å². The van der Waals surface area contributed by atoms with Crippen molar-refractivity contribution in [3.63, 3.8) is 0 Å². The number of imide groups is 1. The zero-order valence-electron chi connectivity index (χ0n) is 20.9. The van der Waals surface area contributed by atoms with Gasteiger partial charge in [-0.2, -0.15) is 4.90 Å². The lowest BCUT2D eigenvalue weighted by atomic mass is 10.0. The van der Waals surface area contributed by atoms with E-state index in [2.05, 4.69) is 0 Å². The molecule has 0 heterocycles. The highest BCUT2D eigenvalue weighted by molar-refractivity contribution is 6.17. The van der Waals surface area contributed by atoms with E-state index in [4.69, 9.17) is 23.9 Å². The Kier molecular flexibility index (Phi) is 9.36. The van der Waals surface area contributed by atoms with Gasteiger partial charge >= 0.3 is 25.8 Å². The average molecular weight is 464 g/mol. The lowest BCUT2D eigenvalue weighted by Gasteiger charge is -2.33. The molecule has 1 atom stereocenters. The molecule has 0 saturated heterocycles. The number of benzene rings is 1. The molecule has 9 nitrogen and oxygen atoms in total. The van der Waals surface area contributed by atoms with Crippen molar-refractivity contribution in [3.05, 3.63) is 29.8 Å². The summed E-state index contributed by atoms with van der Waals surface area (Å²) in [6.07, 6.45) is -2.11. The molecular weight excluding hydrogens is 429 g/mol. The molecule has 33 heavy (non-hydrogen) atoms. The van der Waals surface area contributed by atoms with Crippen molar-refractivity contribution in [1.82, 2.24) is 4.90 Å². The zero-order valence-corrected chi connectivity index (χ0v) is 20.9. The molecule has 0 unspecified atom stereocenters. The van der Waals surface area contributed by atoms with Gasteiger partial charge < -0.3 is 23.9 Å². The van der Waals surface area contributed by atoms with Crippen LogP contribution in [-0.4, -0.2) is 58.6 Å². The van der Waals surface area contributed by atoms with Crippen LogP contribution in [0.1, 0.15) is 67.9 Å². The third-order valence-corrected chi connectivity index (χ3v) is 3.71. The van der Waals surface area contributed by atoms with Crippen LogP contribution in [0.15, 0.2) is 24.3 Å². The Labute approximate surface area is 196 Å². The minimum absolute atomic E-state index is 0.0590. The van der Waals surface area contributed by atoms with Gasteiger partial charge in [0.15, 0.2) is 0 Å². The maximum atomic E-state index is 13.2. The van der Waals surface area contributed by atoms with Crippen molar-refractivity contribution < 1.29 is 38.3 Å². The van der Waals surface area contributed by atoms with Gasteiger partial charge in [-0.3, -0.25) is 0 Å². The Balaban J connectivity index is 3.44. The standard InChI is InChI=1S/C23H35BNO8/c1-21(2,3)30-18(26)17(14-15-10-12-16(13-11-15)33-24-29)25(19(27)31-22(4,5)6)20(28)32-23(7,8)9/h10-13,17,29H,14H2,1-9H3/t17-/m0/s1. The molecule has 0 saturated carbocycles. The predicted molar refractivity (Wildman–Crippen MR) is 123 cm³/mol. The van der Waals surface area contributed by atoms with Crippen LogP contribution in [0.2, 0.25) is 0 Å². The largest absolute Gasteiger partial charge is 0.569 e. The van der Waals surface area contributed by atoms with Crippen LogP contribution in [0.25, 0.3) is 0 Å². The number of esters is 1. The third-order valence-electron chi connectivity index (χ3n) is 3.71. The first-order valence-corrected chi connectivity index (χ1v) is 10.6. The molecule has 10 heteroatoms. The molecule has 0 spiro atoms. The molecule has 0 aromatic heterocycles. The highest BCUT2D eigenvalue weighted by atomic mass is 16.6. The van der Waals surface area contributed by atoms with Crippen LogP contribution in [0, 0.1) is 0 Å². The second kappa shape index (κ2) is 10.9. The topological polar surface area (TPSA) is 112 Å². The maximum absolute atomic E-state index is 13.2. The first-order valence-electron chi connectivity index (χ1n) is 10.6. The van der Waals surface area contributed by atoms with Crippen molar-refractivity contribution in [2.24, 2.45) is 0 Å². The van der Waals surface area contributed by atoms with Crippen LogP contribution in [0.5, 0.6) is 5.75 Å². The zero-order chi connectivity index (χ0) is 25.6. The van der Waals surface area contributed by atoms with Gasteiger partial charge in [0.25, 0.3) is 0 Å². The Bertz CT molecular complexity index is 791. The van der Waals surface area contributed by atoms with Crippen molar-refractivity contribution in [2.75, 3.05) is 0 Å². The fourth-order valence-corrected chi connectivity index (χ4v) is 2.59. The van der Waals surface area contributed by atoms with Crippen LogP contribution in [0.4, 0.5) is 9.59 Å². The Morgan fingerprint density at radius 2 is 1.24 bits per heavy atom. The second-order valence-corrected chi connectivity index (χ2v) is 10.5. The molecule has 1 rings (SSSR count). The quantitative estimate of drug-likeness (QED) is 0.382. The van der Waals surface area contributed by atoms with Crippen LogP contribution in [-0.2, 0) is 25.4 Å². The summed E-state index contributed by atoms with van der Waals surface area (Å²) in [4.78, 5) is 40.0. The Hall–Kier alpha value is -2.75. The fourth-order valence-electron chi connectivity index (χ4n) is 2.59. The van der Waals surface area contributed by atoms with Gasteiger partial charge in [0.1, 0.15) is 22.8 Å². The third kappa shape index (κ3) is 10.6. The molecule has 183 valence electrons. The summed E-state index contributed by atoms with van der Waals surface area (Å²) >= 11 is 0. The lowest BCUT2D eigenvalue weighted by Crippen LogP contribution is -2.54. The highest BCUT2D eigenvalue weighted by Gasteiger charge is 2.42. The molecule has 1 aromatic rings. The number of rotatable bonds is 6. The predicted octanol–water partition coefficient (Wildman–Crippen LogP) is 4.02. The summed E-state index contributed by atoms with van der Waals surface area (Å²) in [6, 6.07) is 5.06. The fraction of sp³-hybridized carbons (Fsp3) is 0.609. The monoisotopic (exact) mass is 464 g/mol. The number of carbonyl (C=O) groups is 3. The Morgan fingerprint density at radius 3 is 1.61 bits per heavy atom. The van der Waals surface area contributed by atoms with Crippen molar-refractivity contribution in [1.29, 1.82) is 0 Å². The lowest BCUT2D eigenvalue weighted by molar-refractivity contribution is -0.161. The van der Waals surface area contributed by atoms with Crippen LogP contribution in [0.3, 0.4) is 0 Å². The summed E-state index contributed by atoms with van der Waals surface area (Å²) in [7, 11) is 0.547. The maximum Gasteiger partial charge on any atom is 0.569 e. The number of hydrogen-bond donors (Lipinski definition) is 1. The van der Waals surface area contributed by atoms with E-state index >= 15 is 0 Å². The summed E-state index contributed by atoms with van der Waals surface area (Å²) in [6.45, 7) is 15.0. The number of ether oxygens (including phenoxy) is 3. The molecule has 0 fully saturated rings. The first kappa shape index (κ1) is 28.3. The van der Waals surface area contributed by atoms with E-state index in [1.54, 1.807) is 86.6 Å².